The highest BCUT2D eigenvalue weighted by Gasteiger charge is 2.22. The molecule has 24 heavy (non-hydrogen) atoms. The van der Waals surface area contributed by atoms with E-state index in [9.17, 15) is 8.42 Å². The Morgan fingerprint density at radius 3 is 2.67 bits per heavy atom. The van der Waals surface area contributed by atoms with Gasteiger partial charge in [0.05, 0.1) is 15.5 Å². The number of sulfonamides is 1. The summed E-state index contributed by atoms with van der Waals surface area (Å²) in [4.78, 5) is 0. The van der Waals surface area contributed by atoms with Crippen LogP contribution in [0, 0.1) is 13.8 Å². The van der Waals surface area contributed by atoms with E-state index in [1.807, 2.05) is 41.4 Å². The average Bonchev–Trinajstić information content (AvgIpc) is 3.22. The Bertz CT molecular complexity index is 929. The van der Waals surface area contributed by atoms with Gasteiger partial charge in [-0.3, -0.25) is 4.68 Å². The van der Waals surface area contributed by atoms with Crippen molar-refractivity contribution in [2.45, 2.75) is 24.1 Å². The SMILES string of the molecule is Cc1cc(C)n([C@H](CNS(=O)(=O)c2ccc(Br)s2)c2ccsc2)n1. The quantitative estimate of drug-likeness (QED) is 0.624. The highest BCUT2D eigenvalue weighted by molar-refractivity contribution is 9.11. The van der Waals surface area contributed by atoms with Crippen molar-refractivity contribution in [1.82, 2.24) is 14.5 Å². The first-order valence-corrected chi connectivity index (χ1v) is 11.2. The summed E-state index contributed by atoms with van der Waals surface area (Å²) in [5.41, 5.74) is 2.96. The van der Waals surface area contributed by atoms with Gasteiger partial charge in [-0.25, -0.2) is 13.1 Å². The minimum Gasteiger partial charge on any atom is -0.261 e. The van der Waals surface area contributed by atoms with Gasteiger partial charge >= 0.3 is 0 Å². The van der Waals surface area contributed by atoms with Crippen LogP contribution in [0.5, 0.6) is 0 Å². The van der Waals surface area contributed by atoms with E-state index in [1.165, 1.54) is 11.3 Å². The van der Waals surface area contributed by atoms with Crippen molar-refractivity contribution < 1.29 is 8.42 Å². The Morgan fingerprint density at radius 2 is 2.12 bits per heavy atom. The van der Waals surface area contributed by atoms with E-state index in [-0.39, 0.29) is 12.6 Å². The molecule has 0 bridgehead atoms. The van der Waals surface area contributed by atoms with Crippen LogP contribution < -0.4 is 4.72 Å². The summed E-state index contributed by atoms with van der Waals surface area (Å²) in [6.45, 7) is 4.16. The molecule has 0 saturated carbocycles. The third-order valence-electron chi connectivity index (χ3n) is 3.55. The molecule has 3 aromatic rings. The van der Waals surface area contributed by atoms with Crippen LogP contribution in [-0.4, -0.2) is 24.7 Å². The molecule has 0 saturated heterocycles. The van der Waals surface area contributed by atoms with Crippen LogP contribution in [0.25, 0.3) is 0 Å². The molecule has 1 atom stereocenters. The fourth-order valence-electron chi connectivity index (χ4n) is 2.47. The lowest BCUT2D eigenvalue weighted by atomic mass is 10.1. The van der Waals surface area contributed by atoms with Crippen LogP contribution in [0.2, 0.25) is 0 Å². The number of hydrogen-bond donors (Lipinski definition) is 1. The standard InChI is InChI=1S/C15H16BrN3O2S3/c1-10-7-11(2)19(18-10)13(12-5-6-22-9-12)8-17-24(20,21)15-4-3-14(16)23-15/h3-7,9,13,17H,8H2,1-2H3/t13-/m1/s1. The lowest BCUT2D eigenvalue weighted by Gasteiger charge is -2.19. The smallest absolute Gasteiger partial charge is 0.250 e. The first-order valence-electron chi connectivity index (χ1n) is 7.16. The van der Waals surface area contributed by atoms with Crippen LogP contribution >= 0.6 is 38.6 Å². The summed E-state index contributed by atoms with van der Waals surface area (Å²) in [6.07, 6.45) is 0. The molecule has 3 aromatic heterocycles. The molecule has 0 aliphatic carbocycles. The number of halogens is 1. The summed E-state index contributed by atoms with van der Waals surface area (Å²) >= 11 is 6.08. The number of thiophene rings is 2. The van der Waals surface area contributed by atoms with Crippen LogP contribution in [0.1, 0.15) is 23.0 Å². The lowest BCUT2D eigenvalue weighted by molar-refractivity contribution is 0.495. The number of aromatic nitrogens is 2. The van der Waals surface area contributed by atoms with E-state index in [4.69, 9.17) is 0 Å². The van der Waals surface area contributed by atoms with Crippen molar-refractivity contribution in [2.24, 2.45) is 0 Å². The molecule has 0 radical (unpaired) electrons. The van der Waals surface area contributed by atoms with Gasteiger partial charge in [-0.2, -0.15) is 16.4 Å². The van der Waals surface area contributed by atoms with Crippen LogP contribution in [-0.2, 0) is 10.0 Å². The van der Waals surface area contributed by atoms with E-state index in [0.29, 0.717) is 4.21 Å². The monoisotopic (exact) mass is 445 g/mol. The fraction of sp³-hybridized carbons (Fsp3) is 0.267. The second-order valence-corrected chi connectivity index (χ2v) is 10.6. The van der Waals surface area contributed by atoms with Crippen molar-refractivity contribution in [3.63, 3.8) is 0 Å². The van der Waals surface area contributed by atoms with Crippen molar-refractivity contribution in [2.75, 3.05) is 6.54 Å². The zero-order valence-electron chi connectivity index (χ0n) is 13.1. The second kappa shape index (κ2) is 7.09. The van der Waals surface area contributed by atoms with Gasteiger partial charge in [0.2, 0.25) is 10.0 Å². The largest absolute Gasteiger partial charge is 0.261 e. The predicted molar refractivity (Wildman–Crippen MR) is 101 cm³/mol. The van der Waals surface area contributed by atoms with E-state index in [2.05, 4.69) is 25.8 Å². The summed E-state index contributed by atoms with van der Waals surface area (Å²) in [5.74, 6) is 0. The number of rotatable bonds is 6. The van der Waals surface area contributed by atoms with Crippen molar-refractivity contribution in [3.8, 4) is 0 Å². The molecule has 3 rings (SSSR count). The maximum Gasteiger partial charge on any atom is 0.250 e. The number of nitrogens with one attached hydrogen (secondary N) is 1. The van der Waals surface area contributed by atoms with Gasteiger partial charge in [0.15, 0.2) is 0 Å². The van der Waals surface area contributed by atoms with Gasteiger partial charge in [0.1, 0.15) is 4.21 Å². The zero-order chi connectivity index (χ0) is 17.3. The summed E-state index contributed by atoms with van der Waals surface area (Å²) in [5, 5.41) is 8.54. The van der Waals surface area contributed by atoms with Crippen LogP contribution in [0.15, 0.2) is 43.0 Å². The van der Waals surface area contributed by atoms with Gasteiger partial charge < -0.3 is 0 Å². The molecular formula is C15H16BrN3O2S3. The topological polar surface area (TPSA) is 64.0 Å². The molecule has 0 aliphatic rings. The molecule has 128 valence electrons. The van der Waals surface area contributed by atoms with E-state index < -0.39 is 10.0 Å². The van der Waals surface area contributed by atoms with Gasteiger partial charge in [0, 0.05) is 12.2 Å². The highest BCUT2D eigenvalue weighted by Crippen LogP contribution is 2.27. The molecule has 0 aromatic carbocycles. The molecule has 9 heteroatoms. The first-order chi connectivity index (χ1) is 11.4. The van der Waals surface area contributed by atoms with Gasteiger partial charge in [-0.1, -0.05) is 0 Å². The number of nitrogens with zero attached hydrogens (tertiary/aromatic N) is 2. The van der Waals surface area contributed by atoms with Crippen molar-refractivity contribution in [1.29, 1.82) is 0 Å². The predicted octanol–water partition coefficient (Wildman–Crippen LogP) is 3.95. The molecular weight excluding hydrogens is 430 g/mol. The summed E-state index contributed by atoms with van der Waals surface area (Å²) in [7, 11) is -3.54. The summed E-state index contributed by atoms with van der Waals surface area (Å²) in [6, 6.07) is 7.14. The van der Waals surface area contributed by atoms with E-state index >= 15 is 0 Å². The van der Waals surface area contributed by atoms with Crippen molar-refractivity contribution in [3.05, 3.63) is 55.8 Å². The van der Waals surface area contributed by atoms with Crippen LogP contribution in [0.3, 0.4) is 0 Å². The molecule has 0 unspecified atom stereocenters. The third-order valence-corrected chi connectivity index (χ3v) is 7.79. The minimum absolute atomic E-state index is 0.178. The van der Waals surface area contributed by atoms with Crippen LogP contribution in [0.4, 0.5) is 0 Å². The molecule has 1 N–H and O–H groups in total. The molecule has 0 fully saturated rings. The minimum atomic E-state index is -3.54. The molecule has 5 nitrogen and oxygen atoms in total. The maximum atomic E-state index is 12.5. The average molecular weight is 446 g/mol. The Balaban J connectivity index is 1.87. The first kappa shape index (κ1) is 17.8. The Labute approximate surface area is 157 Å². The fourth-order valence-corrected chi connectivity index (χ4v) is 6.27. The Hall–Kier alpha value is -1.00. The molecule has 0 amide bonds. The van der Waals surface area contributed by atoms with E-state index in [1.54, 1.807) is 23.5 Å². The molecule has 0 aliphatic heterocycles. The van der Waals surface area contributed by atoms with E-state index in [0.717, 1.165) is 20.7 Å². The van der Waals surface area contributed by atoms with Crippen molar-refractivity contribution >= 4 is 48.6 Å². The lowest BCUT2D eigenvalue weighted by Crippen LogP contribution is -2.31. The number of hydrogen-bond acceptors (Lipinski definition) is 5. The highest BCUT2D eigenvalue weighted by atomic mass is 79.9. The second-order valence-electron chi connectivity index (χ2n) is 5.35. The maximum absolute atomic E-state index is 12.5. The van der Waals surface area contributed by atoms with Gasteiger partial charge in [-0.05, 0) is 70.4 Å². The Morgan fingerprint density at radius 1 is 1.33 bits per heavy atom. The molecule has 0 spiro atoms. The van der Waals surface area contributed by atoms with Gasteiger partial charge in [-0.15, -0.1) is 11.3 Å². The van der Waals surface area contributed by atoms with Gasteiger partial charge in [0.25, 0.3) is 0 Å². The Kier molecular flexibility index (Phi) is 5.26. The normalized spacial score (nSPS) is 13.3. The number of aryl methyl sites for hydroxylation is 2. The third kappa shape index (κ3) is 3.80. The zero-order valence-corrected chi connectivity index (χ0v) is 17.1. The molecule has 3 heterocycles. The summed E-state index contributed by atoms with van der Waals surface area (Å²) < 4.78 is 30.7.